The average Bonchev–Trinajstić information content (AvgIpc) is 2.92. The minimum atomic E-state index is 0.118. The smallest absolute Gasteiger partial charge is 0.147 e. The molecule has 2 heterocycles. The maximum absolute atomic E-state index is 6.16. The summed E-state index contributed by atoms with van der Waals surface area (Å²) < 4.78 is 2.15. The maximum atomic E-state index is 6.16. The molecule has 1 aliphatic heterocycles. The third-order valence-corrected chi connectivity index (χ3v) is 4.77. The average molecular weight is 265 g/mol. The molecule has 0 saturated carbocycles. The minimum absolute atomic E-state index is 0.118. The third kappa shape index (κ3) is 2.82. The zero-order chi connectivity index (χ0) is 13.9. The molecule has 0 aromatic carbocycles. The molecule has 2 N–H and O–H groups in total. The van der Waals surface area contributed by atoms with Gasteiger partial charge in [-0.15, -0.1) is 10.2 Å². The Bertz CT molecular complexity index is 396. The van der Waals surface area contributed by atoms with Crippen molar-refractivity contribution in [3.05, 3.63) is 12.2 Å². The van der Waals surface area contributed by atoms with Crippen LogP contribution in [0.15, 0.2) is 6.33 Å². The first-order valence-electron chi connectivity index (χ1n) is 7.47. The van der Waals surface area contributed by atoms with Crippen LogP contribution in [0.4, 0.5) is 0 Å². The number of fused-ring (bicyclic) bond motifs is 1. The predicted molar refractivity (Wildman–Crippen MR) is 76.6 cm³/mol. The van der Waals surface area contributed by atoms with Crippen LogP contribution >= 0.6 is 0 Å². The monoisotopic (exact) mass is 265 g/mol. The van der Waals surface area contributed by atoms with Crippen molar-refractivity contribution >= 4 is 0 Å². The Balaban J connectivity index is 2.16. The predicted octanol–water partition coefficient (Wildman–Crippen LogP) is 1.64. The number of hydrogen-bond acceptors (Lipinski definition) is 4. The molecule has 0 bridgehead atoms. The van der Waals surface area contributed by atoms with Gasteiger partial charge >= 0.3 is 0 Å². The van der Waals surface area contributed by atoms with Gasteiger partial charge in [0.05, 0.1) is 6.54 Å². The summed E-state index contributed by atoms with van der Waals surface area (Å²) in [5.74, 6) is 1.78. The van der Waals surface area contributed by atoms with E-state index in [0.29, 0.717) is 5.92 Å². The molecule has 2 rings (SSSR count). The first kappa shape index (κ1) is 14.5. The van der Waals surface area contributed by atoms with Gasteiger partial charge in [0.15, 0.2) is 0 Å². The Hall–Kier alpha value is -0.940. The molecule has 0 saturated heterocycles. The van der Waals surface area contributed by atoms with E-state index >= 15 is 0 Å². The summed E-state index contributed by atoms with van der Waals surface area (Å²) in [6.07, 6.45) is 5.32. The van der Waals surface area contributed by atoms with Gasteiger partial charge in [0.25, 0.3) is 0 Å². The van der Waals surface area contributed by atoms with Crippen LogP contribution in [-0.4, -0.2) is 38.3 Å². The standard InChI is InChI=1S/C14H27N5/c1-4-12(3)8-14(5-2,10-15)19-7-6-18-11-16-17-13(18)9-19/h11-12H,4-10,15H2,1-3H3. The highest BCUT2D eigenvalue weighted by Crippen LogP contribution is 2.31. The van der Waals surface area contributed by atoms with Crippen molar-refractivity contribution in [2.75, 3.05) is 13.1 Å². The Morgan fingerprint density at radius 2 is 2.21 bits per heavy atom. The fourth-order valence-corrected chi connectivity index (χ4v) is 3.12. The number of rotatable bonds is 6. The van der Waals surface area contributed by atoms with Crippen LogP contribution in [0.5, 0.6) is 0 Å². The maximum Gasteiger partial charge on any atom is 0.147 e. The van der Waals surface area contributed by atoms with E-state index in [1.807, 2.05) is 6.33 Å². The molecular formula is C14H27N5. The van der Waals surface area contributed by atoms with Gasteiger partial charge in [-0.2, -0.15) is 0 Å². The Morgan fingerprint density at radius 3 is 2.84 bits per heavy atom. The third-order valence-electron chi connectivity index (χ3n) is 4.77. The zero-order valence-corrected chi connectivity index (χ0v) is 12.5. The van der Waals surface area contributed by atoms with Crippen LogP contribution in [0, 0.1) is 5.92 Å². The highest BCUT2D eigenvalue weighted by molar-refractivity contribution is 4.98. The number of nitrogens with zero attached hydrogens (tertiary/aromatic N) is 4. The van der Waals surface area contributed by atoms with Gasteiger partial charge in [-0.1, -0.05) is 27.2 Å². The summed E-state index contributed by atoms with van der Waals surface area (Å²) >= 11 is 0. The van der Waals surface area contributed by atoms with Crippen molar-refractivity contribution in [2.24, 2.45) is 11.7 Å². The molecule has 19 heavy (non-hydrogen) atoms. The first-order chi connectivity index (χ1) is 9.15. The number of aromatic nitrogens is 3. The highest BCUT2D eigenvalue weighted by Gasteiger charge is 2.37. The van der Waals surface area contributed by atoms with Gasteiger partial charge in [0.1, 0.15) is 12.2 Å². The van der Waals surface area contributed by atoms with E-state index in [9.17, 15) is 0 Å². The quantitative estimate of drug-likeness (QED) is 0.849. The second-order valence-electron chi connectivity index (χ2n) is 5.86. The van der Waals surface area contributed by atoms with Crippen molar-refractivity contribution in [1.82, 2.24) is 19.7 Å². The van der Waals surface area contributed by atoms with Crippen LogP contribution in [0.1, 0.15) is 45.9 Å². The fraction of sp³-hybridized carbons (Fsp3) is 0.857. The lowest BCUT2D eigenvalue weighted by Crippen LogP contribution is -2.56. The Morgan fingerprint density at radius 1 is 1.42 bits per heavy atom. The molecule has 108 valence electrons. The van der Waals surface area contributed by atoms with Crippen molar-refractivity contribution in [3.63, 3.8) is 0 Å². The SMILES string of the molecule is CCC(C)CC(CC)(CN)N1CCn2cnnc2C1. The molecule has 0 fully saturated rings. The molecule has 0 amide bonds. The van der Waals surface area contributed by atoms with Crippen molar-refractivity contribution in [2.45, 2.75) is 58.7 Å². The molecule has 1 aromatic heterocycles. The molecule has 0 spiro atoms. The molecule has 0 radical (unpaired) electrons. The van der Waals surface area contributed by atoms with Gasteiger partial charge < -0.3 is 10.3 Å². The van der Waals surface area contributed by atoms with Crippen molar-refractivity contribution < 1.29 is 0 Å². The van der Waals surface area contributed by atoms with Gasteiger partial charge in [0, 0.05) is 25.2 Å². The van der Waals surface area contributed by atoms with Gasteiger partial charge in [-0.3, -0.25) is 4.90 Å². The Labute approximate surface area is 116 Å². The summed E-state index contributed by atoms with van der Waals surface area (Å²) in [6.45, 7) is 10.5. The van der Waals surface area contributed by atoms with Crippen LogP contribution < -0.4 is 5.73 Å². The molecule has 5 heteroatoms. The molecule has 2 atom stereocenters. The summed E-state index contributed by atoms with van der Waals surface area (Å²) in [4.78, 5) is 2.53. The van der Waals surface area contributed by atoms with E-state index in [1.165, 1.54) is 12.8 Å². The molecule has 1 aliphatic rings. The topological polar surface area (TPSA) is 60.0 Å². The molecule has 0 aliphatic carbocycles. The zero-order valence-electron chi connectivity index (χ0n) is 12.5. The molecule has 5 nitrogen and oxygen atoms in total. The van der Waals surface area contributed by atoms with E-state index in [1.54, 1.807) is 0 Å². The van der Waals surface area contributed by atoms with Gasteiger partial charge in [-0.05, 0) is 18.8 Å². The van der Waals surface area contributed by atoms with E-state index in [2.05, 4.69) is 40.4 Å². The van der Waals surface area contributed by atoms with E-state index in [-0.39, 0.29) is 5.54 Å². The van der Waals surface area contributed by atoms with E-state index < -0.39 is 0 Å². The highest BCUT2D eigenvalue weighted by atomic mass is 15.3. The van der Waals surface area contributed by atoms with Gasteiger partial charge in [0.2, 0.25) is 0 Å². The van der Waals surface area contributed by atoms with Crippen LogP contribution in [0.25, 0.3) is 0 Å². The van der Waals surface area contributed by atoms with Crippen molar-refractivity contribution in [3.8, 4) is 0 Å². The summed E-state index contributed by atoms with van der Waals surface area (Å²) in [5.41, 5.74) is 6.28. The largest absolute Gasteiger partial charge is 0.329 e. The summed E-state index contributed by atoms with van der Waals surface area (Å²) in [6, 6.07) is 0. The summed E-state index contributed by atoms with van der Waals surface area (Å²) in [5, 5.41) is 8.22. The van der Waals surface area contributed by atoms with Gasteiger partial charge in [-0.25, -0.2) is 0 Å². The minimum Gasteiger partial charge on any atom is -0.329 e. The second-order valence-corrected chi connectivity index (χ2v) is 5.86. The first-order valence-corrected chi connectivity index (χ1v) is 7.47. The second kappa shape index (κ2) is 6.01. The lowest BCUT2D eigenvalue weighted by atomic mass is 9.82. The normalized spacial score (nSPS) is 20.8. The number of hydrogen-bond donors (Lipinski definition) is 1. The number of nitrogens with two attached hydrogens (primary N) is 1. The molecule has 1 aromatic rings. The Kier molecular flexibility index (Phi) is 4.58. The lowest BCUT2D eigenvalue weighted by Gasteiger charge is -2.46. The van der Waals surface area contributed by atoms with Crippen molar-refractivity contribution in [1.29, 1.82) is 0 Å². The molecular weight excluding hydrogens is 238 g/mol. The van der Waals surface area contributed by atoms with E-state index in [4.69, 9.17) is 5.73 Å². The lowest BCUT2D eigenvalue weighted by molar-refractivity contribution is 0.0397. The van der Waals surface area contributed by atoms with E-state index in [0.717, 1.165) is 38.4 Å². The fourth-order valence-electron chi connectivity index (χ4n) is 3.12. The van der Waals surface area contributed by atoms with Crippen LogP contribution in [0.2, 0.25) is 0 Å². The van der Waals surface area contributed by atoms with Crippen LogP contribution in [0.3, 0.4) is 0 Å². The summed E-state index contributed by atoms with van der Waals surface area (Å²) in [7, 11) is 0. The molecule has 2 unspecified atom stereocenters. The van der Waals surface area contributed by atoms with Crippen LogP contribution in [-0.2, 0) is 13.1 Å².